The van der Waals surface area contributed by atoms with E-state index in [0.29, 0.717) is 0 Å². The summed E-state index contributed by atoms with van der Waals surface area (Å²) in [7, 11) is -3.71. The van der Waals surface area contributed by atoms with Crippen LogP contribution in [0.15, 0.2) is 6.20 Å². The molecule has 0 saturated heterocycles. The maximum absolute atomic E-state index is 11.7. The predicted molar refractivity (Wildman–Crippen MR) is 73.1 cm³/mol. The van der Waals surface area contributed by atoms with Gasteiger partial charge in [0.25, 0.3) is 0 Å². The maximum atomic E-state index is 11.7. The molecular formula is C9H14N4O4S2. The molecule has 8 nitrogen and oxygen atoms in total. The average molecular weight is 306 g/mol. The molecule has 1 aromatic heterocycles. The van der Waals surface area contributed by atoms with Crippen LogP contribution in [0.5, 0.6) is 0 Å². The molecule has 0 saturated carbocycles. The zero-order valence-corrected chi connectivity index (χ0v) is 11.8. The Morgan fingerprint density at radius 1 is 1.63 bits per heavy atom. The first-order valence-corrected chi connectivity index (χ1v) is 7.41. The Balaban J connectivity index is 2.67. The Morgan fingerprint density at radius 3 is 2.89 bits per heavy atom. The molecule has 0 fully saturated rings. The van der Waals surface area contributed by atoms with Gasteiger partial charge in [0, 0.05) is 0 Å². The second-order valence-electron chi connectivity index (χ2n) is 3.50. The van der Waals surface area contributed by atoms with Crippen molar-refractivity contribution >= 4 is 39.0 Å². The van der Waals surface area contributed by atoms with Gasteiger partial charge in [-0.2, -0.15) is 5.10 Å². The number of nitrogens with one attached hydrogen (secondary N) is 2. The van der Waals surface area contributed by atoms with Gasteiger partial charge in [-0.05, 0) is 6.92 Å². The van der Waals surface area contributed by atoms with Crippen LogP contribution < -0.4 is 10.5 Å². The Hall–Kier alpha value is -1.68. The van der Waals surface area contributed by atoms with E-state index in [1.54, 1.807) is 6.92 Å². The lowest BCUT2D eigenvalue weighted by atomic mass is 10.3. The number of esters is 1. The van der Waals surface area contributed by atoms with Crippen molar-refractivity contribution in [1.29, 1.82) is 0 Å². The molecule has 0 radical (unpaired) electrons. The van der Waals surface area contributed by atoms with E-state index in [1.165, 1.54) is 6.20 Å². The fourth-order valence-corrected chi connectivity index (χ4v) is 2.37. The number of nitrogens with two attached hydrogens (primary N) is 1. The van der Waals surface area contributed by atoms with Crippen molar-refractivity contribution in [3.05, 3.63) is 11.8 Å². The highest BCUT2D eigenvalue weighted by Gasteiger charge is 2.17. The van der Waals surface area contributed by atoms with Crippen LogP contribution in [0.25, 0.3) is 0 Å². The molecule has 0 aliphatic carbocycles. The SMILES string of the molecule is CCOC(=O)CCS(=O)(=O)Nc1[nH]ncc1C(N)=S. The van der Waals surface area contributed by atoms with Crippen LogP contribution in [0.4, 0.5) is 5.82 Å². The zero-order chi connectivity index (χ0) is 14.5. The topological polar surface area (TPSA) is 127 Å². The minimum Gasteiger partial charge on any atom is -0.466 e. The normalized spacial score (nSPS) is 11.0. The second-order valence-corrected chi connectivity index (χ2v) is 5.78. The van der Waals surface area contributed by atoms with E-state index in [-0.39, 0.29) is 29.4 Å². The molecule has 0 atom stereocenters. The third-order valence-corrected chi connectivity index (χ3v) is 3.52. The standard InChI is InChI=1S/C9H14N4O4S2/c1-2-17-7(14)3-4-19(15,16)13-9-6(8(10)18)5-11-12-9/h5H,2-4H2,1H3,(H2,10,18)(H2,11,12,13). The number of carbonyl (C=O) groups excluding carboxylic acids is 1. The molecule has 0 aromatic carbocycles. The smallest absolute Gasteiger partial charge is 0.306 e. The quantitative estimate of drug-likeness (QED) is 0.467. The fraction of sp³-hybridized carbons (Fsp3) is 0.444. The predicted octanol–water partition coefficient (Wildman–Crippen LogP) is -0.261. The van der Waals surface area contributed by atoms with Crippen molar-refractivity contribution in [2.75, 3.05) is 17.1 Å². The number of ether oxygens (including phenoxy) is 1. The molecule has 0 bridgehead atoms. The van der Waals surface area contributed by atoms with Crippen LogP contribution in [0, 0.1) is 0 Å². The van der Waals surface area contributed by atoms with E-state index in [1.807, 2.05) is 0 Å². The van der Waals surface area contributed by atoms with E-state index < -0.39 is 21.7 Å². The Kier molecular flexibility index (Phi) is 5.24. The van der Waals surface area contributed by atoms with Gasteiger partial charge < -0.3 is 10.5 Å². The highest BCUT2D eigenvalue weighted by molar-refractivity contribution is 7.92. The van der Waals surface area contributed by atoms with E-state index >= 15 is 0 Å². The van der Waals surface area contributed by atoms with Crippen molar-refractivity contribution in [2.24, 2.45) is 5.73 Å². The van der Waals surface area contributed by atoms with Crippen LogP contribution in [0.1, 0.15) is 18.9 Å². The van der Waals surface area contributed by atoms with E-state index in [4.69, 9.17) is 18.0 Å². The molecule has 106 valence electrons. The number of hydrogen-bond acceptors (Lipinski definition) is 6. The van der Waals surface area contributed by atoms with Crippen LogP contribution >= 0.6 is 12.2 Å². The molecule has 0 aliphatic rings. The van der Waals surface area contributed by atoms with Gasteiger partial charge in [-0.1, -0.05) is 12.2 Å². The first-order chi connectivity index (χ1) is 8.85. The summed E-state index contributed by atoms with van der Waals surface area (Å²) in [6.45, 7) is 1.85. The van der Waals surface area contributed by atoms with E-state index in [2.05, 4.69) is 19.7 Å². The summed E-state index contributed by atoms with van der Waals surface area (Å²) in [6.07, 6.45) is 1.07. The first-order valence-electron chi connectivity index (χ1n) is 5.35. The second kappa shape index (κ2) is 6.48. The summed E-state index contributed by atoms with van der Waals surface area (Å²) in [5.41, 5.74) is 5.69. The lowest BCUT2D eigenvalue weighted by molar-refractivity contribution is -0.142. The minimum atomic E-state index is -3.71. The monoisotopic (exact) mass is 306 g/mol. The minimum absolute atomic E-state index is 0.0110. The Bertz CT molecular complexity index is 567. The number of carbonyl (C=O) groups is 1. The maximum Gasteiger partial charge on any atom is 0.306 e. The van der Waals surface area contributed by atoms with Crippen LogP contribution in [0.2, 0.25) is 0 Å². The average Bonchev–Trinajstić information content (AvgIpc) is 2.74. The van der Waals surface area contributed by atoms with Crippen molar-refractivity contribution in [1.82, 2.24) is 10.2 Å². The van der Waals surface area contributed by atoms with E-state index in [9.17, 15) is 13.2 Å². The number of sulfonamides is 1. The highest BCUT2D eigenvalue weighted by atomic mass is 32.2. The van der Waals surface area contributed by atoms with Crippen LogP contribution in [-0.4, -0.2) is 41.9 Å². The summed E-state index contributed by atoms with van der Waals surface area (Å²) < 4.78 is 30.3. The summed E-state index contributed by atoms with van der Waals surface area (Å²) >= 11 is 4.74. The lowest BCUT2D eigenvalue weighted by Crippen LogP contribution is -2.22. The summed E-state index contributed by atoms with van der Waals surface area (Å²) in [5.74, 6) is -0.898. The molecule has 1 rings (SSSR count). The van der Waals surface area contributed by atoms with Crippen molar-refractivity contribution < 1.29 is 17.9 Å². The van der Waals surface area contributed by atoms with Gasteiger partial charge in [0.05, 0.1) is 30.5 Å². The number of aromatic nitrogens is 2. The van der Waals surface area contributed by atoms with Gasteiger partial charge in [0.1, 0.15) is 10.8 Å². The van der Waals surface area contributed by atoms with Gasteiger partial charge >= 0.3 is 5.97 Å². The number of thiocarbonyl (C=S) groups is 1. The number of hydrogen-bond donors (Lipinski definition) is 3. The molecule has 0 unspecified atom stereocenters. The lowest BCUT2D eigenvalue weighted by Gasteiger charge is -2.07. The van der Waals surface area contributed by atoms with Crippen LogP contribution in [0.3, 0.4) is 0 Å². The first kappa shape index (κ1) is 15.4. The summed E-state index contributed by atoms with van der Waals surface area (Å²) in [5, 5.41) is 6.07. The molecule has 0 amide bonds. The molecule has 10 heteroatoms. The van der Waals surface area contributed by atoms with Gasteiger partial charge in [-0.3, -0.25) is 14.6 Å². The molecule has 19 heavy (non-hydrogen) atoms. The highest BCUT2D eigenvalue weighted by Crippen LogP contribution is 2.12. The zero-order valence-electron chi connectivity index (χ0n) is 10.2. The van der Waals surface area contributed by atoms with Gasteiger partial charge in [0.15, 0.2) is 0 Å². The Labute approximate surface area is 115 Å². The molecular weight excluding hydrogens is 292 g/mol. The Morgan fingerprint density at radius 2 is 2.32 bits per heavy atom. The number of anilines is 1. The van der Waals surface area contributed by atoms with E-state index in [0.717, 1.165) is 0 Å². The third kappa shape index (κ3) is 4.83. The van der Waals surface area contributed by atoms with Crippen LogP contribution in [-0.2, 0) is 19.6 Å². The van der Waals surface area contributed by atoms with Gasteiger partial charge in [-0.15, -0.1) is 0 Å². The third-order valence-electron chi connectivity index (χ3n) is 2.04. The van der Waals surface area contributed by atoms with Gasteiger partial charge in [-0.25, -0.2) is 8.42 Å². The van der Waals surface area contributed by atoms with Gasteiger partial charge in [0.2, 0.25) is 10.0 Å². The summed E-state index contributed by atoms with van der Waals surface area (Å²) in [6, 6.07) is 0. The van der Waals surface area contributed by atoms with Crippen molar-refractivity contribution in [3.8, 4) is 0 Å². The number of H-pyrrole nitrogens is 1. The number of rotatable bonds is 7. The number of aromatic amines is 1. The molecule has 1 heterocycles. The van der Waals surface area contributed by atoms with Crippen molar-refractivity contribution in [3.63, 3.8) is 0 Å². The fourth-order valence-electron chi connectivity index (χ4n) is 1.21. The number of nitrogens with zero attached hydrogens (tertiary/aromatic N) is 1. The van der Waals surface area contributed by atoms with Crippen molar-refractivity contribution in [2.45, 2.75) is 13.3 Å². The largest absolute Gasteiger partial charge is 0.466 e. The molecule has 4 N–H and O–H groups in total. The molecule has 0 aliphatic heterocycles. The summed E-state index contributed by atoms with van der Waals surface area (Å²) in [4.78, 5) is 11.1. The molecule has 1 aromatic rings. The molecule has 0 spiro atoms.